The first-order valence-electron chi connectivity index (χ1n) is 6.23. The number of allylic oxidation sites excluding steroid dienone is 1. The minimum absolute atomic E-state index is 0.148. The molecule has 0 spiro atoms. The van der Waals surface area contributed by atoms with E-state index in [9.17, 15) is 23.3 Å². The van der Waals surface area contributed by atoms with E-state index in [1.54, 1.807) is 18.2 Å². The van der Waals surface area contributed by atoms with Crippen molar-refractivity contribution in [3.05, 3.63) is 64.1 Å². The van der Waals surface area contributed by atoms with Gasteiger partial charge in [-0.2, -0.15) is 18.3 Å². The van der Waals surface area contributed by atoms with E-state index in [1.165, 1.54) is 18.6 Å². The van der Waals surface area contributed by atoms with Crippen molar-refractivity contribution in [2.45, 2.75) is 6.18 Å². The molecule has 0 aliphatic carbocycles. The molecule has 1 aromatic carbocycles. The number of nitrogens with zero attached hydrogens (tertiary/aromatic N) is 2. The Morgan fingerprint density at radius 3 is 2.70 bits per heavy atom. The number of benzene rings is 1. The van der Waals surface area contributed by atoms with Crippen molar-refractivity contribution in [3.63, 3.8) is 0 Å². The summed E-state index contributed by atoms with van der Waals surface area (Å²) in [7, 11) is 0. The molecule has 23 heavy (non-hydrogen) atoms. The predicted molar refractivity (Wildman–Crippen MR) is 78.0 cm³/mol. The zero-order valence-electron chi connectivity index (χ0n) is 11.4. The Morgan fingerprint density at radius 1 is 1.30 bits per heavy atom. The van der Waals surface area contributed by atoms with Crippen LogP contribution >= 0.6 is 0 Å². The Bertz CT molecular complexity index is 737. The Balaban J connectivity index is 2.11. The summed E-state index contributed by atoms with van der Waals surface area (Å²) in [6, 6.07) is 5.55. The largest absolute Gasteiger partial charge is 0.465 e. The number of hydrazone groups is 1. The SMILES string of the molecule is O=[N+]([O-])c1cc(C(F)(F)F)ccc1N/N=C\C=C\c1ccco1. The van der Waals surface area contributed by atoms with Gasteiger partial charge in [0, 0.05) is 12.3 Å². The van der Waals surface area contributed by atoms with E-state index in [1.807, 2.05) is 0 Å². The predicted octanol–water partition coefficient (Wildman–Crippen LogP) is 4.32. The van der Waals surface area contributed by atoms with Crippen molar-refractivity contribution >= 4 is 23.7 Å². The van der Waals surface area contributed by atoms with Gasteiger partial charge in [-0.05, 0) is 36.4 Å². The van der Waals surface area contributed by atoms with Crippen LogP contribution in [-0.2, 0) is 6.18 Å². The summed E-state index contributed by atoms with van der Waals surface area (Å²) in [6.45, 7) is 0. The highest BCUT2D eigenvalue weighted by molar-refractivity contribution is 5.78. The summed E-state index contributed by atoms with van der Waals surface area (Å²) in [5, 5.41) is 14.6. The van der Waals surface area contributed by atoms with Crippen LogP contribution in [0, 0.1) is 10.1 Å². The zero-order chi connectivity index (χ0) is 16.9. The highest BCUT2D eigenvalue weighted by Crippen LogP contribution is 2.34. The summed E-state index contributed by atoms with van der Waals surface area (Å²) in [6.07, 6.45) is 1.21. The molecule has 0 bridgehead atoms. The summed E-state index contributed by atoms with van der Waals surface area (Å²) in [4.78, 5) is 9.95. The molecule has 120 valence electrons. The molecule has 2 rings (SSSR count). The quantitative estimate of drug-likeness (QED) is 0.504. The molecular formula is C14H10F3N3O3. The van der Waals surface area contributed by atoms with Crippen LogP contribution in [0.3, 0.4) is 0 Å². The van der Waals surface area contributed by atoms with Gasteiger partial charge in [0.1, 0.15) is 11.4 Å². The molecule has 0 radical (unpaired) electrons. The fraction of sp³-hybridized carbons (Fsp3) is 0.0714. The lowest BCUT2D eigenvalue weighted by Crippen LogP contribution is -2.06. The Kier molecular flexibility index (Phi) is 4.79. The van der Waals surface area contributed by atoms with Crippen LogP contribution in [0.2, 0.25) is 0 Å². The van der Waals surface area contributed by atoms with Crippen molar-refractivity contribution < 1.29 is 22.5 Å². The monoisotopic (exact) mass is 325 g/mol. The first kappa shape index (κ1) is 16.3. The van der Waals surface area contributed by atoms with Gasteiger partial charge >= 0.3 is 6.18 Å². The maximum Gasteiger partial charge on any atom is 0.416 e. The van der Waals surface area contributed by atoms with Crippen LogP contribution < -0.4 is 5.43 Å². The minimum atomic E-state index is -4.65. The zero-order valence-corrected chi connectivity index (χ0v) is 11.4. The Labute approximate surface area is 128 Å². The number of hydrogen-bond acceptors (Lipinski definition) is 5. The third kappa shape index (κ3) is 4.43. The van der Waals surface area contributed by atoms with Gasteiger partial charge in [-0.15, -0.1) is 0 Å². The smallest absolute Gasteiger partial charge is 0.416 e. The summed E-state index contributed by atoms with van der Waals surface area (Å²) >= 11 is 0. The number of nitrogens with one attached hydrogen (secondary N) is 1. The molecule has 0 aliphatic rings. The number of anilines is 1. The molecule has 0 unspecified atom stereocenters. The maximum absolute atomic E-state index is 12.6. The minimum Gasteiger partial charge on any atom is -0.465 e. The van der Waals surface area contributed by atoms with E-state index in [0.29, 0.717) is 11.8 Å². The van der Waals surface area contributed by atoms with Crippen LogP contribution in [0.25, 0.3) is 6.08 Å². The molecule has 1 N–H and O–H groups in total. The van der Waals surface area contributed by atoms with Gasteiger partial charge in [-0.25, -0.2) is 0 Å². The Hall–Kier alpha value is -3.10. The number of halogens is 3. The van der Waals surface area contributed by atoms with E-state index in [-0.39, 0.29) is 5.69 Å². The molecule has 0 aliphatic heterocycles. The van der Waals surface area contributed by atoms with Gasteiger partial charge < -0.3 is 4.42 Å². The molecular weight excluding hydrogens is 315 g/mol. The lowest BCUT2D eigenvalue weighted by Gasteiger charge is -2.08. The topological polar surface area (TPSA) is 80.7 Å². The second kappa shape index (κ2) is 6.77. The van der Waals surface area contributed by atoms with E-state index in [0.717, 1.165) is 12.1 Å². The first-order valence-corrected chi connectivity index (χ1v) is 6.23. The van der Waals surface area contributed by atoms with E-state index in [4.69, 9.17) is 4.42 Å². The van der Waals surface area contributed by atoms with Crippen LogP contribution in [0.15, 0.2) is 52.2 Å². The van der Waals surface area contributed by atoms with Gasteiger partial charge in [-0.1, -0.05) is 0 Å². The van der Waals surface area contributed by atoms with E-state index in [2.05, 4.69) is 10.5 Å². The molecule has 0 saturated heterocycles. The van der Waals surface area contributed by atoms with Crippen molar-refractivity contribution in [2.24, 2.45) is 5.10 Å². The second-order valence-electron chi connectivity index (χ2n) is 4.25. The lowest BCUT2D eigenvalue weighted by molar-refractivity contribution is -0.384. The molecule has 0 atom stereocenters. The standard InChI is InChI=1S/C14H10F3N3O3/c15-14(16,17)10-5-6-12(13(9-10)20(21)22)19-18-7-1-3-11-4-2-8-23-11/h1-9,19H/b3-1+,18-7-. The van der Waals surface area contributed by atoms with Gasteiger partial charge in [0.25, 0.3) is 5.69 Å². The van der Waals surface area contributed by atoms with Gasteiger partial charge in [0.2, 0.25) is 0 Å². The molecule has 0 amide bonds. The molecule has 6 nitrogen and oxygen atoms in total. The maximum atomic E-state index is 12.6. The van der Waals surface area contributed by atoms with Crippen LogP contribution in [-0.4, -0.2) is 11.1 Å². The van der Waals surface area contributed by atoms with Crippen molar-refractivity contribution in [1.29, 1.82) is 0 Å². The third-order valence-electron chi connectivity index (χ3n) is 2.67. The first-order chi connectivity index (χ1) is 10.9. The van der Waals surface area contributed by atoms with E-state index < -0.39 is 22.4 Å². The number of rotatable bonds is 5. The molecule has 1 aromatic heterocycles. The number of nitro benzene ring substituents is 1. The molecule has 0 saturated carbocycles. The normalized spacial score (nSPS) is 12.1. The van der Waals surface area contributed by atoms with E-state index >= 15 is 0 Å². The van der Waals surface area contributed by atoms with Gasteiger partial charge in [0.15, 0.2) is 0 Å². The fourth-order valence-electron chi connectivity index (χ4n) is 1.63. The third-order valence-corrected chi connectivity index (χ3v) is 2.67. The second-order valence-corrected chi connectivity index (χ2v) is 4.25. The summed E-state index contributed by atoms with van der Waals surface area (Å²) in [5.41, 5.74) is 0.368. The van der Waals surface area contributed by atoms with Crippen LogP contribution in [0.4, 0.5) is 24.5 Å². The number of alkyl halides is 3. The molecule has 2 aromatic rings. The number of furan rings is 1. The summed E-state index contributed by atoms with van der Waals surface area (Å²) in [5.74, 6) is 0.581. The van der Waals surface area contributed by atoms with Crippen molar-refractivity contribution in [3.8, 4) is 0 Å². The summed E-state index contributed by atoms with van der Waals surface area (Å²) < 4.78 is 42.7. The van der Waals surface area contributed by atoms with Crippen molar-refractivity contribution in [2.75, 3.05) is 5.43 Å². The molecule has 0 fully saturated rings. The Morgan fingerprint density at radius 2 is 2.09 bits per heavy atom. The number of nitro groups is 1. The average Bonchev–Trinajstić information content (AvgIpc) is 2.99. The lowest BCUT2D eigenvalue weighted by atomic mass is 10.1. The van der Waals surface area contributed by atoms with Gasteiger partial charge in [-0.3, -0.25) is 15.5 Å². The molecule has 9 heteroatoms. The van der Waals surface area contributed by atoms with Crippen LogP contribution in [0.5, 0.6) is 0 Å². The number of hydrogen-bond donors (Lipinski definition) is 1. The van der Waals surface area contributed by atoms with Crippen LogP contribution in [0.1, 0.15) is 11.3 Å². The highest BCUT2D eigenvalue weighted by atomic mass is 19.4. The fourth-order valence-corrected chi connectivity index (χ4v) is 1.63. The average molecular weight is 325 g/mol. The molecule has 1 heterocycles. The highest BCUT2D eigenvalue weighted by Gasteiger charge is 2.32. The van der Waals surface area contributed by atoms with Crippen molar-refractivity contribution in [1.82, 2.24) is 0 Å². The van der Waals surface area contributed by atoms with Gasteiger partial charge in [0.05, 0.1) is 16.7 Å².